The van der Waals surface area contributed by atoms with Crippen LogP contribution in [0.4, 0.5) is 0 Å². The summed E-state index contributed by atoms with van der Waals surface area (Å²) in [6.45, 7) is 3.46. The molecule has 24 heavy (non-hydrogen) atoms. The van der Waals surface area contributed by atoms with Crippen LogP contribution in [0.3, 0.4) is 0 Å². The monoisotopic (exact) mass is 324 g/mol. The van der Waals surface area contributed by atoms with Crippen LogP contribution >= 0.6 is 0 Å². The van der Waals surface area contributed by atoms with E-state index in [0.29, 0.717) is 23.7 Å². The van der Waals surface area contributed by atoms with E-state index in [1.54, 1.807) is 6.07 Å². The number of piperidine rings is 1. The molecule has 2 heterocycles. The maximum atomic E-state index is 11.9. The highest BCUT2D eigenvalue weighted by Gasteiger charge is 2.21. The summed E-state index contributed by atoms with van der Waals surface area (Å²) in [6, 6.07) is 11.5. The molecule has 0 saturated carbocycles. The van der Waals surface area contributed by atoms with Gasteiger partial charge in [-0.25, -0.2) is 0 Å². The van der Waals surface area contributed by atoms with Crippen LogP contribution in [-0.4, -0.2) is 35.6 Å². The summed E-state index contributed by atoms with van der Waals surface area (Å²) in [5.74, 6) is 0.233. The lowest BCUT2D eigenvalue weighted by Crippen LogP contribution is -2.40. The van der Waals surface area contributed by atoms with E-state index >= 15 is 0 Å². The molecule has 1 unspecified atom stereocenters. The molecule has 3 rings (SSSR count). The summed E-state index contributed by atoms with van der Waals surface area (Å²) in [5, 5.41) is 15.6. The first-order chi connectivity index (χ1) is 11.7. The Morgan fingerprint density at radius 1 is 1.46 bits per heavy atom. The zero-order valence-corrected chi connectivity index (χ0v) is 13.4. The van der Waals surface area contributed by atoms with Crippen LogP contribution in [0.15, 0.2) is 41.1 Å². The lowest BCUT2D eigenvalue weighted by molar-refractivity contribution is 0.0921. The van der Waals surface area contributed by atoms with Gasteiger partial charge in [-0.05, 0) is 43.0 Å². The number of carbonyl (C=O) groups excluding carboxylic acids is 1. The zero-order valence-electron chi connectivity index (χ0n) is 13.4. The van der Waals surface area contributed by atoms with Crippen LogP contribution in [-0.2, 0) is 6.54 Å². The number of aromatic nitrogens is 1. The predicted octanol–water partition coefficient (Wildman–Crippen LogP) is 2.19. The van der Waals surface area contributed by atoms with Gasteiger partial charge in [-0.3, -0.25) is 9.69 Å². The number of rotatable bonds is 5. The molecule has 1 aromatic carbocycles. The fourth-order valence-corrected chi connectivity index (χ4v) is 3.12. The molecule has 0 spiro atoms. The molecule has 1 N–H and O–H groups in total. The van der Waals surface area contributed by atoms with Crippen molar-refractivity contribution < 1.29 is 9.32 Å². The normalized spacial score (nSPS) is 18.0. The number of nitrogens with one attached hydrogen (secondary N) is 1. The van der Waals surface area contributed by atoms with E-state index in [0.717, 1.165) is 38.0 Å². The number of hydrogen-bond acceptors (Lipinski definition) is 5. The summed E-state index contributed by atoms with van der Waals surface area (Å²) in [5.41, 5.74) is 2.17. The van der Waals surface area contributed by atoms with Crippen LogP contribution in [0.1, 0.15) is 34.5 Å². The van der Waals surface area contributed by atoms with Crippen LogP contribution in [0.25, 0.3) is 0 Å². The van der Waals surface area contributed by atoms with Crippen molar-refractivity contribution in [2.24, 2.45) is 5.92 Å². The fraction of sp³-hybridized carbons (Fsp3) is 0.389. The van der Waals surface area contributed by atoms with Crippen molar-refractivity contribution in [1.29, 1.82) is 5.26 Å². The van der Waals surface area contributed by atoms with Gasteiger partial charge in [0.1, 0.15) is 6.26 Å². The molecule has 2 aromatic rings. The molecule has 0 bridgehead atoms. The molecule has 0 radical (unpaired) electrons. The Kier molecular flexibility index (Phi) is 5.24. The first-order valence-electron chi connectivity index (χ1n) is 8.14. The first-order valence-corrected chi connectivity index (χ1v) is 8.14. The third-order valence-corrected chi connectivity index (χ3v) is 4.29. The summed E-state index contributed by atoms with van der Waals surface area (Å²) in [7, 11) is 0. The van der Waals surface area contributed by atoms with Gasteiger partial charge in [-0.2, -0.15) is 5.26 Å². The maximum Gasteiger partial charge on any atom is 0.273 e. The van der Waals surface area contributed by atoms with E-state index in [-0.39, 0.29) is 5.91 Å². The summed E-state index contributed by atoms with van der Waals surface area (Å²) in [4.78, 5) is 14.3. The average molecular weight is 324 g/mol. The topological polar surface area (TPSA) is 82.2 Å². The molecule has 1 atom stereocenters. The molecule has 1 saturated heterocycles. The second-order valence-corrected chi connectivity index (χ2v) is 6.15. The molecule has 6 nitrogen and oxygen atoms in total. The van der Waals surface area contributed by atoms with Crippen LogP contribution in [0.5, 0.6) is 0 Å². The third-order valence-electron chi connectivity index (χ3n) is 4.29. The summed E-state index contributed by atoms with van der Waals surface area (Å²) in [6.07, 6.45) is 3.61. The number of nitriles is 1. The lowest BCUT2D eigenvalue weighted by Gasteiger charge is -2.32. The van der Waals surface area contributed by atoms with Gasteiger partial charge < -0.3 is 9.84 Å². The molecule has 6 heteroatoms. The van der Waals surface area contributed by atoms with Crippen molar-refractivity contribution in [2.75, 3.05) is 19.6 Å². The molecule has 124 valence electrons. The highest BCUT2D eigenvalue weighted by atomic mass is 16.5. The minimum Gasteiger partial charge on any atom is -0.364 e. The average Bonchev–Trinajstić information content (AvgIpc) is 3.15. The van der Waals surface area contributed by atoms with Crippen molar-refractivity contribution in [1.82, 2.24) is 15.4 Å². The van der Waals surface area contributed by atoms with Crippen molar-refractivity contribution in [2.45, 2.75) is 19.4 Å². The molecule has 0 aliphatic carbocycles. The smallest absolute Gasteiger partial charge is 0.273 e. The molecular weight excluding hydrogens is 304 g/mol. The van der Waals surface area contributed by atoms with Gasteiger partial charge in [-0.15, -0.1) is 0 Å². The maximum absolute atomic E-state index is 11.9. The fourth-order valence-electron chi connectivity index (χ4n) is 3.12. The number of hydrogen-bond donors (Lipinski definition) is 1. The summed E-state index contributed by atoms with van der Waals surface area (Å²) < 4.78 is 4.69. The highest BCUT2D eigenvalue weighted by molar-refractivity contribution is 5.91. The Balaban J connectivity index is 1.51. The Morgan fingerprint density at radius 3 is 3.17 bits per heavy atom. The number of amides is 1. The number of nitrogens with zero attached hydrogens (tertiary/aromatic N) is 3. The predicted molar refractivity (Wildman–Crippen MR) is 88.0 cm³/mol. The Hall–Kier alpha value is -2.65. The van der Waals surface area contributed by atoms with Crippen molar-refractivity contribution in [3.05, 3.63) is 53.4 Å². The molecular formula is C18H20N4O2. The lowest BCUT2D eigenvalue weighted by atomic mass is 9.97. The van der Waals surface area contributed by atoms with Gasteiger partial charge in [0.2, 0.25) is 0 Å². The number of carbonyl (C=O) groups is 1. The Labute approximate surface area is 141 Å². The van der Waals surface area contributed by atoms with Gasteiger partial charge >= 0.3 is 0 Å². The van der Waals surface area contributed by atoms with Crippen molar-refractivity contribution in [3.8, 4) is 6.07 Å². The van der Waals surface area contributed by atoms with Gasteiger partial charge in [-0.1, -0.05) is 17.3 Å². The van der Waals surface area contributed by atoms with Gasteiger partial charge in [0.15, 0.2) is 5.69 Å². The summed E-state index contributed by atoms with van der Waals surface area (Å²) >= 11 is 0. The van der Waals surface area contributed by atoms with Crippen molar-refractivity contribution >= 4 is 5.91 Å². The van der Waals surface area contributed by atoms with Gasteiger partial charge in [0, 0.05) is 25.7 Å². The third kappa shape index (κ3) is 4.21. The Morgan fingerprint density at radius 2 is 2.38 bits per heavy atom. The number of benzene rings is 1. The van der Waals surface area contributed by atoms with Gasteiger partial charge in [0.25, 0.3) is 5.91 Å². The minimum atomic E-state index is -0.192. The second kappa shape index (κ2) is 7.75. The number of likely N-dealkylation sites (tertiary alicyclic amines) is 1. The zero-order chi connectivity index (χ0) is 16.8. The SMILES string of the molecule is N#Cc1cccc(CN2CCCC(CNC(=O)c3ccon3)C2)c1. The van der Waals surface area contributed by atoms with E-state index in [2.05, 4.69) is 32.0 Å². The molecule has 1 fully saturated rings. The van der Waals surface area contributed by atoms with E-state index < -0.39 is 0 Å². The quantitative estimate of drug-likeness (QED) is 0.911. The molecule has 1 aliphatic heterocycles. The molecule has 1 amide bonds. The van der Waals surface area contributed by atoms with Crippen LogP contribution in [0, 0.1) is 17.2 Å². The van der Waals surface area contributed by atoms with Crippen LogP contribution < -0.4 is 5.32 Å². The molecule has 1 aromatic heterocycles. The van der Waals surface area contributed by atoms with E-state index in [1.807, 2.05) is 18.2 Å². The second-order valence-electron chi connectivity index (χ2n) is 6.15. The standard InChI is InChI=1S/C18H20N4O2/c19-10-14-3-1-4-15(9-14)12-22-7-2-5-16(13-22)11-20-18(23)17-6-8-24-21-17/h1,3-4,6,8-9,16H,2,5,7,11-13H2,(H,20,23). The van der Waals surface area contributed by atoms with E-state index in [4.69, 9.17) is 5.26 Å². The molecule has 1 aliphatic rings. The van der Waals surface area contributed by atoms with E-state index in [1.165, 1.54) is 6.26 Å². The van der Waals surface area contributed by atoms with Crippen molar-refractivity contribution in [3.63, 3.8) is 0 Å². The Bertz CT molecular complexity index is 721. The first kappa shape index (κ1) is 16.2. The minimum absolute atomic E-state index is 0.192. The van der Waals surface area contributed by atoms with Crippen LogP contribution in [0.2, 0.25) is 0 Å². The highest BCUT2D eigenvalue weighted by Crippen LogP contribution is 2.18. The van der Waals surface area contributed by atoms with E-state index in [9.17, 15) is 4.79 Å². The van der Waals surface area contributed by atoms with Gasteiger partial charge in [0.05, 0.1) is 11.6 Å². The largest absolute Gasteiger partial charge is 0.364 e.